The molecule has 34 heavy (non-hydrogen) atoms. The lowest BCUT2D eigenvalue weighted by molar-refractivity contribution is -0.122. The summed E-state index contributed by atoms with van der Waals surface area (Å²) in [5.74, 6) is -0.294. The average Bonchev–Trinajstić information content (AvgIpc) is 3.29. The van der Waals surface area contributed by atoms with Crippen LogP contribution in [0.1, 0.15) is 42.7 Å². The predicted molar refractivity (Wildman–Crippen MR) is 126 cm³/mol. The highest BCUT2D eigenvalue weighted by molar-refractivity contribution is 5.83. The van der Waals surface area contributed by atoms with Crippen molar-refractivity contribution in [1.82, 2.24) is 15.1 Å². The van der Waals surface area contributed by atoms with Crippen LogP contribution >= 0.6 is 0 Å². The van der Waals surface area contributed by atoms with E-state index < -0.39 is 12.2 Å². The fourth-order valence-corrected chi connectivity index (χ4v) is 5.86. The lowest BCUT2D eigenvalue weighted by Gasteiger charge is -2.37. The summed E-state index contributed by atoms with van der Waals surface area (Å²) in [5, 5.41) is 12.4. The molecule has 5 rings (SSSR count). The summed E-state index contributed by atoms with van der Waals surface area (Å²) in [6.45, 7) is 0.0982. The lowest BCUT2D eigenvalue weighted by atomic mass is 9.98. The van der Waals surface area contributed by atoms with E-state index in [0.29, 0.717) is 12.8 Å². The number of rotatable bonds is 5. The molecule has 1 aliphatic carbocycles. The maximum atomic E-state index is 12.6. The molecule has 2 bridgehead atoms. The maximum absolute atomic E-state index is 12.6. The smallest absolute Gasteiger partial charge is 0.409 e. The summed E-state index contributed by atoms with van der Waals surface area (Å²) < 4.78 is 5.61. The Morgan fingerprint density at radius 3 is 2.12 bits per heavy atom. The Balaban J connectivity index is 1.14. The summed E-state index contributed by atoms with van der Waals surface area (Å²) >= 11 is 0. The van der Waals surface area contributed by atoms with Crippen LogP contribution < -0.4 is 5.32 Å². The number of nitrogens with one attached hydrogen (secondary N) is 1. The van der Waals surface area contributed by atoms with Crippen LogP contribution in [0.2, 0.25) is 0 Å². The van der Waals surface area contributed by atoms with Crippen LogP contribution in [0.4, 0.5) is 9.59 Å². The summed E-state index contributed by atoms with van der Waals surface area (Å²) in [7, 11) is 1.55. The minimum atomic E-state index is -0.882. The van der Waals surface area contributed by atoms with E-state index in [1.165, 1.54) is 9.80 Å². The Bertz CT molecular complexity index is 1060. The van der Waals surface area contributed by atoms with E-state index in [9.17, 15) is 19.5 Å². The molecular formula is C26H29N3O5. The zero-order valence-corrected chi connectivity index (χ0v) is 19.1. The Hall–Kier alpha value is -3.55. The van der Waals surface area contributed by atoms with Gasteiger partial charge in [0.15, 0.2) is 0 Å². The summed E-state index contributed by atoms with van der Waals surface area (Å²) in [4.78, 5) is 39.5. The molecule has 3 amide bonds. The number of carboxylic acid groups (broad SMARTS) is 1. The monoisotopic (exact) mass is 463 g/mol. The average molecular weight is 464 g/mol. The number of nitrogens with zero attached hydrogens (tertiary/aromatic N) is 2. The highest BCUT2D eigenvalue weighted by Crippen LogP contribution is 2.44. The van der Waals surface area contributed by atoms with Crippen LogP contribution in [-0.4, -0.2) is 71.3 Å². The number of hydrogen-bond donors (Lipinski definition) is 2. The molecule has 8 nitrogen and oxygen atoms in total. The van der Waals surface area contributed by atoms with Gasteiger partial charge in [-0.05, 0) is 47.9 Å². The van der Waals surface area contributed by atoms with Crippen LogP contribution in [0.15, 0.2) is 48.5 Å². The number of benzene rings is 2. The standard InChI is InChI=1S/C26H29N3O5/c1-28(14-24(30)27-16-12-17-10-11-18(13-16)29(17)25(31)32)26(33)34-15-23-21-8-4-2-6-19(21)20-7-3-5-9-22(20)23/h2-9,16-18,23H,10-15H2,1H3,(H,27,30)(H,31,32). The van der Waals surface area contributed by atoms with Crippen LogP contribution in [0.3, 0.4) is 0 Å². The first-order chi connectivity index (χ1) is 16.4. The van der Waals surface area contributed by atoms with Gasteiger partial charge in [0.25, 0.3) is 0 Å². The number of carbonyl (C=O) groups is 3. The zero-order valence-electron chi connectivity index (χ0n) is 19.1. The summed E-state index contributed by atoms with van der Waals surface area (Å²) in [6.07, 6.45) is 1.48. The Morgan fingerprint density at radius 2 is 1.56 bits per heavy atom. The fourth-order valence-electron chi connectivity index (χ4n) is 5.86. The van der Waals surface area contributed by atoms with Crippen LogP contribution in [0.25, 0.3) is 11.1 Å². The van der Waals surface area contributed by atoms with Crippen molar-refractivity contribution in [2.45, 2.75) is 49.7 Å². The minimum Gasteiger partial charge on any atom is -0.465 e. The molecule has 2 unspecified atom stereocenters. The molecule has 3 aliphatic rings. The van der Waals surface area contributed by atoms with Gasteiger partial charge in [0.05, 0.1) is 0 Å². The van der Waals surface area contributed by atoms with Crippen LogP contribution in [0, 0.1) is 0 Å². The molecule has 2 heterocycles. The molecule has 0 aromatic heterocycles. The third-order valence-electron chi connectivity index (χ3n) is 7.35. The molecule has 2 fully saturated rings. The quantitative estimate of drug-likeness (QED) is 0.705. The van der Waals surface area contributed by atoms with Gasteiger partial charge in [-0.2, -0.15) is 0 Å². The number of hydrogen-bond acceptors (Lipinski definition) is 4. The van der Waals surface area contributed by atoms with Crippen molar-refractivity contribution < 1.29 is 24.2 Å². The second-order valence-electron chi connectivity index (χ2n) is 9.47. The van der Waals surface area contributed by atoms with Gasteiger partial charge in [-0.1, -0.05) is 48.5 Å². The molecule has 2 atom stereocenters. The predicted octanol–water partition coefficient (Wildman–Crippen LogP) is 3.66. The normalized spacial score (nSPS) is 22.6. The second-order valence-corrected chi connectivity index (χ2v) is 9.47. The maximum Gasteiger partial charge on any atom is 0.409 e. The van der Waals surface area contributed by atoms with Gasteiger partial charge in [0.1, 0.15) is 13.2 Å². The van der Waals surface area contributed by atoms with E-state index in [0.717, 1.165) is 35.1 Å². The largest absolute Gasteiger partial charge is 0.465 e. The Kier molecular flexibility index (Phi) is 5.89. The van der Waals surface area contributed by atoms with Gasteiger partial charge in [-0.3, -0.25) is 4.79 Å². The van der Waals surface area contributed by atoms with Gasteiger partial charge >= 0.3 is 12.2 Å². The first-order valence-corrected chi connectivity index (χ1v) is 11.8. The first kappa shape index (κ1) is 22.3. The van der Waals surface area contributed by atoms with E-state index in [1.807, 2.05) is 24.3 Å². The summed E-state index contributed by atoms with van der Waals surface area (Å²) in [6, 6.07) is 16.1. The van der Waals surface area contributed by atoms with Crippen molar-refractivity contribution >= 4 is 18.1 Å². The van der Waals surface area contributed by atoms with Crippen molar-refractivity contribution in [1.29, 1.82) is 0 Å². The Morgan fingerprint density at radius 1 is 1.00 bits per heavy atom. The van der Waals surface area contributed by atoms with E-state index >= 15 is 0 Å². The van der Waals surface area contributed by atoms with Gasteiger partial charge in [-0.25, -0.2) is 9.59 Å². The number of piperidine rings is 1. The van der Waals surface area contributed by atoms with Gasteiger partial charge in [-0.15, -0.1) is 0 Å². The van der Waals surface area contributed by atoms with Crippen molar-refractivity contribution in [2.75, 3.05) is 20.2 Å². The molecule has 2 aliphatic heterocycles. The van der Waals surface area contributed by atoms with Gasteiger partial charge in [0.2, 0.25) is 5.91 Å². The van der Waals surface area contributed by atoms with E-state index in [1.54, 1.807) is 7.05 Å². The van der Waals surface area contributed by atoms with E-state index in [2.05, 4.69) is 29.6 Å². The fraction of sp³-hybridized carbons (Fsp3) is 0.423. The highest BCUT2D eigenvalue weighted by Gasteiger charge is 2.43. The SMILES string of the molecule is CN(CC(=O)NC1CC2CCC(C1)N2C(=O)O)C(=O)OCC1c2ccccc2-c2ccccc21. The topological polar surface area (TPSA) is 99.2 Å². The molecule has 2 aromatic carbocycles. The molecule has 8 heteroatoms. The third-order valence-corrected chi connectivity index (χ3v) is 7.35. The van der Waals surface area contributed by atoms with Crippen LogP contribution in [-0.2, 0) is 9.53 Å². The van der Waals surface area contributed by atoms with Crippen molar-refractivity contribution in [3.05, 3.63) is 59.7 Å². The number of likely N-dealkylation sites (N-methyl/N-ethyl adjacent to an activating group) is 1. The first-order valence-electron chi connectivity index (χ1n) is 11.8. The number of carbonyl (C=O) groups excluding carboxylic acids is 2. The van der Waals surface area contributed by atoms with E-state index in [4.69, 9.17) is 4.74 Å². The highest BCUT2D eigenvalue weighted by atomic mass is 16.6. The summed E-state index contributed by atoms with van der Waals surface area (Å²) in [5.41, 5.74) is 4.60. The molecular weight excluding hydrogens is 434 g/mol. The molecule has 2 aromatic rings. The molecule has 0 saturated carbocycles. The second kappa shape index (κ2) is 9.00. The number of fused-ring (bicyclic) bond motifs is 5. The van der Waals surface area contributed by atoms with Gasteiger partial charge < -0.3 is 25.0 Å². The third kappa shape index (κ3) is 4.08. The number of amides is 3. The van der Waals surface area contributed by atoms with Gasteiger partial charge in [0, 0.05) is 31.1 Å². The molecule has 0 radical (unpaired) electrons. The Labute approximate surface area is 198 Å². The van der Waals surface area contributed by atoms with Crippen molar-refractivity contribution in [3.8, 4) is 11.1 Å². The van der Waals surface area contributed by atoms with Crippen molar-refractivity contribution in [3.63, 3.8) is 0 Å². The van der Waals surface area contributed by atoms with Crippen LogP contribution in [0.5, 0.6) is 0 Å². The zero-order chi connectivity index (χ0) is 23.8. The lowest BCUT2D eigenvalue weighted by Crippen LogP contribution is -2.53. The molecule has 0 spiro atoms. The molecule has 2 saturated heterocycles. The molecule has 2 N–H and O–H groups in total. The van der Waals surface area contributed by atoms with E-state index in [-0.39, 0.29) is 43.1 Å². The molecule has 178 valence electrons. The minimum absolute atomic E-state index is 0.0338. The number of ether oxygens (including phenoxy) is 1. The van der Waals surface area contributed by atoms with Crippen molar-refractivity contribution in [2.24, 2.45) is 0 Å².